The summed E-state index contributed by atoms with van der Waals surface area (Å²) in [6.07, 6.45) is 1.34. The van der Waals surface area contributed by atoms with Gasteiger partial charge in [-0.05, 0) is 24.3 Å². The van der Waals surface area contributed by atoms with Crippen LogP contribution in [-0.2, 0) is 6.61 Å². The highest BCUT2D eigenvalue weighted by Gasteiger charge is 2.23. The van der Waals surface area contributed by atoms with Gasteiger partial charge >= 0.3 is 5.69 Å². The van der Waals surface area contributed by atoms with Crippen LogP contribution in [0.1, 0.15) is 11.1 Å². The molecule has 0 fully saturated rings. The maximum atomic E-state index is 13.4. The molecule has 0 aliphatic rings. The second kappa shape index (κ2) is 11.2. The van der Waals surface area contributed by atoms with Crippen LogP contribution in [0.25, 0.3) is 22.3 Å². The van der Waals surface area contributed by atoms with Crippen molar-refractivity contribution >= 4 is 34.4 Å². The fourth-order valence-electron chi connectivity index (χ4n) is 4.01. The lowest BCUT2D eigenvalue weighted by atomic mass is 10.1. The van der Waals surface area contributed by atoms with Gasteiger partial charge in [0.25, 0.3) is 5.56 Å². The zero-order chi connectivity index (χ0) is 27.4. The van der Waals surface area contributed by atoms with Gasteiger partial charge in [0.1, 0.15) is 6.61 Å². The number of para-hydroxylation sites is 1. The summed E-state index contributed by atoms with van der Waals surface area (Å²) in [4.78, 5) is 29.4. The van der Waals surface area contributed by atoms with Gasteiger partial charge in [-0.15, -0.1) is 0 Å². The Bertz CT molecular complexity index is 1770. The van der Waals surface area contributed by atoms with Crippen molar-refractivity contribution in [2.45, 2.75) is 6.61 Å². The Labute approximate surface area is 227 Å². The van der Waals surface area contributed by atoms with E-state index in [1.165, 1.54) is 24.1 Å². The first kappa shape index (κ1) is 25.6. The van der Waals surface area contributed by atoms with Crippen LogP contribution in [0.2, 0.25) is 5.02 Å². The van der Waals surface area contributed by atoms with Crippen LogP contribution < -0.4 is 15.0 Å². The quantitative estimate of drug-likeness (QED) is 0.134. The highest BCUT2D eigenvalue weighted by molar-refractivity contribution is 6.31. The summed E-state index contributed by atoms with van der Waals surface area (Å²) in [5.74, 6) is 0.413. The summed E-state index contributed by atoms with van der Waals surface area (Å²) in [7, 11) is 1.38. The lowest BCUT2D eigenvalue weighted by Gasteiger charge is -2.13. The number of halogens is 1. The van der Waals surface area contributed by atoms with Gasteiger partial charge in [0.05, 0.1) is 29.2 Å². The first-order valence-corrected chi connectivity index (χ1v) is 12.2. The molecule has 0 amide bonds. The third-order valence-electron chi connectivity index (χ3n) is 5.91. The molecule has 0 saturated heterocycles. The van der Waals surface area contributed by atoms with Gasteiger partial charge < -0.3 is 9.47 Å². The first-order valence-electron chi connectivity index (χ1n) is 11.8. The molecular weight excluding hydrogens is 520 g/mol. The van der Waals surface area contributed by atoms with Crippen molar-refractivity contribution < 1.29 is 14.4 Å². The zero-order valence-corrected chi connectivity index (χ0v) is 21.4. The van der Waals surface area contributed by atoms with Gasteiger partial charge in [0.2, 0.25) is 5.75 Å². The molecule has 0 aliphatic heterocycles. The molecule has 1 aromatic heterocycles. The molecule has 1 heterocycles. The highest BCUT2D eigenvalue weighted by atomic mass is 35.5. The fourth-order valence-corrected chi connectivity index (χ4v) is 4.20. The van der Waals surface area contributed by atoms with E-state index in [0.29, 0.717) is 38.4 Å². The molecule has 10 heteroatoms. The van der Waals surface area contributed by atoms with E-state index in [2.05, 4.69) is 10.1 Å². The summed E-state index contributed by atoms with van der Waals surface area (Å²) in [5.41, 5.74) is 1.50. The molecule has 4 aromatic carbocycles. The van der Waals surface area contributed by atoms with Crippen molar-refractivity contribution in [1.29, 1.82) is 0 Å². The predicted octanol–water partition coefficient (Wildman–Crippen LogP) is 6.09. The van der Waals surface area contributed by atoms with Crippen LogP contribution in [0.15, 0.2) is 101 Å². The number of nitro groups is 1. The molecule has 5 aromatic rings. The summed E-state index contributed by atoms with van der Waals surface area (Å²) >= 11 is 6.20. The Morgan fingerprint density at radius 3 is 2.49 bits per heavy atom. The second-order valence-corrected chi connectivity index (χ2v) is 8.80. The first-order chi connectivity index (χ1) is 19.0. The van der Waals surface area contributed by atoms with E-state index in [1.54, 1.807) is 54.6 Å². The Morgan fingerprint density at radius 2 is 1.74 bits per heavy atom. The molecule has 0 atom stereocenters. The van der Waals surface area contributed by atoms with E-state index >= 15 is 0 Å². The van der Waals surface area contributed by atoms with Crippen molar-refractivity contribution in [3.05, 3.63) is 128 Å². The maximum absolute atomic E-state index is 13.4. The number of methoxy groups -OCH3 is 1. The standard InChI is InChI=1S/C29H21ClN4O5/c1-38-26-16-19(15-25(34(36)37)27(26)39-18-21-11-5-7-13-23(21)30)17-31-33-28(20-9-3-2-4-10-20)32-24-14-8-6-12-22(24)29(33)35/h2-17H,18H2,1H3. The average Bonchev–Trinajstić information content (AvgIpc) is 2.96. The molecule has 9 nitrogen and oxygen atoms in total. The number of ether oxygens (including phenoxy) is 2. The van der Waals surface area contributed by atoms with E-state index in [9.17, 15) is 14.9 Å². The Morgan fingerprint density at radius 1 is 1.03 bits per heavy atom. The Kier molecular flexibility index (Phi) is 7.33. The molecule has 0 aliphatic carbocycles. The molecule has 5 rings (SSSR count). The molecule has 0 N–H and O–H groups in total. The normalized spacial score (nSPS) is 11.1. The van der Waals surface area contributed by atoms with E-state index in [1.807, 2.05) is 30.3 Å². The molecule has 0 saturated carbocycles. The van der Waals surface area contributed by atoms with Crippen LogP contribution in [0.5, 0.6) is 11.5 Å². The van der Waals surface area contributed by atoms with E-state index in [0.717, 1.165) is 0 Å². The number of fused-ring (bicyclic) bond motifs is 1. The van der Waals surface area contributed by atoms with Gasteiger partial charge in [-0.25, -0.2) is 4.98 Å². The minimum Gasteiger partial charge on any atom is -0.493 e. The maximum Gasteiger partial charge on any atom is 0.315 e. The Hall–Kier alpha value is -5.02. The van der Waals surface area contributed by atoms with Crippen molar-refractivity contribution in [1.82, 2.24) is 9.66 Å². The van der Waals surface area contributed by atoms with Crippen LogP contribution >= 0.6 is 11.6 Å². The Balaban J connectivity index is 1.58. The summed E-state index contributed by atoms with van der Waals surface area (Å²) in [5, 5.41) is 17.2. The van der Waals surface area contributed by atoms with Gasteiger partial charge in [-0.3, -0.25) is 14.9 Å². The molecule has 0 unspecified atom stereocenters. The average molecular weight is 541 g/mol. The lowest BCUT2D eigenvalue weighted by Crippen LogP contribution is -2.20. The van der Waals surface area contributed by atoms with Crippen LogP contribution in [0.4, 0.5) is 5.69 Å². The molecule has 194 valence electrons. The van der Waals surface area contributed by atoms with Gasteiger partial charge in [-0.2, -0.15) is 9.78 Å². The smallest absolute Gasteiger partial charge is 0.315 e. The summed E-state index contributed by atoms with van der Waals surface area (Å²) < 4.78 is 12.4. The number of hydrogen-bond donors (Lipinski definition) is 0. The molecular formula is C29H21ClN4O5. The number of aromatic nitrogens is 2. The van der Waals surface area contributed by atoms with Gasteiger partial charge in [0, 0.05) is 27.8 Å². The van der Waals surface area contributed by atoms with Crippen molar-refractivity contribution in [3.8, 4) is 22.9 Å². The second-order valence-electron chi connectivity index (χ2n) is 8.39. The van der Waals surface area contributed by atoms with Gasteiger partial charge in [-0.1, -0.05) is 72.3 Å². The highest BCUT2D eigenvalue weighted by Crippen LogP contribution is 2.39. The minimum absolute atomic E-state index is 0.00287. The van der Waals surface area contributed by atoms with E-state index < -0.39 is 4.92 Å². The predicted molar refractivity (Wildman–Crippen MR) is 150 cm³/mol. The van der Waals surface area contributed by atoms with E-state index in [4.69, 9.17) is 21.1 Å². The van der Waals surface area contributed by atoms with Crippen LogP contribution in [0.3, 0.4) is 0 Å². The van der Waals surface area contributed by atoms with E-state index in [-0.39, 0.29) is 29.4 Å². The molecule has 0 radical (unpaired) electrons. The molecule has 0 spiro atoms. The number of nitrogens with zero attached hydrogens (tertiary/aromatic N) is 4. The number of benzene rings is 4. The van der Waals surface area contributed by atoms with Crippen molar-refractivity contribution in [3.63, 3.8) is 0 Å². The fraction of sp³-hybridized carbons (Fsp3) is 0.0690. The summed E-state index contributed by atoms with van der Waals surface area (Å²) in [6.45, 7) is 0.00287. The SMILES string of the molecule is COc1cc(C=Nn2c(-c3ccccc3)nc3ccccc3c2=O)cc([N+](=O)[O-])c1OCc1ccccc1Cl. The topological polar surface area (TPSA) is 109 Å². The van der Waals surface area contributed by atoms with Crippen molar-refractivity contribution in [2.24, 2.45) is 5.10 Å². The number of nitro benzene ring substituents is 1. The monoisotopic (exact) mass is 540 g/mol. The summed E-state index contributed by atoms with van der Waals surface area (Å²) in [6, 6.07) is 26.0. The van der Waals surface area contributed by atoms with Crippen LogP contribution in [0, 0.1) is 10.1 Å². The largest absolute Gasteiger partial charge is 0.493 e. The van der Waals surface area contributed by atoms with Crippen molar-refractivity contribution in [2.75, 3.05) is 7.11 Å². The van der Waals surface area contributed by atoms with Gasteiger partial charge in [0.15, 0.2) is 11.6 Å². The van der Waals surface area contributed by atoms with Crippen LogP contribution in [-0.4, -0.2) is 27.9 Å². The molecule has 0 bridgehead atoms. The zero-order valence-electron chi connectivity index (χ0n) is 20.7. The minimum atomic E-state index is -0.569. The third kappa shape index (κ3) is 5.34. The molecule has 39 heavy (non-hydrogen) atoms. The third-order valence-corrected chi connectivity index (χ3v) is 6.28. The lowest BCUT2D eigenvalue weighted by molar-refractivity contribution is -0.386. The number of hydrogen-bond acceptors (Lipinski definition) is 7. The number of rotatable bonds is 8.